The largest absolute Gasteiger partial charge is 0.366 e. The van der Waals surface area contributed by atoms with Gasteiger partial charge in [0, 0.05) is 0 Å². The Kier molecular flexibility index (Phi) is 5.95. The van der Waals surface area contributed by atoms with E-state index in [0.717, 1.165) is 0 Å². The van der Waals surface area contributed by atoms with Crippen LogP contribution in [0.4, 0.5) is 0 Å². The average Bonchev–Trinajstić information content (AvgIpc) is 2.22. The first-order valence-corrected chi connectivity index (χ1v) is 11.1. The summed E-state index contributed by atoms with van der Waals surface area (Å²) in [6, 6.07) is 0. The van der Waals surface area contributed by atoms with Gasteiger partial charge in [0.15, 0.2) is 12.4 Å². The highest BCUT2D eigenvalue weighted by atomic mass is 32.2. The first kappa shape index (κ1) is 19.7. The normalized spacial score (nSPS) is 31.1. The maximum atomic E-state index is 11.3. The van der Waals surface area contributed by atoms with Crippen LogP contribution in [0.5, 0.6) is 0 Å². The van der Waals surface area contributed by atoms with E-state index in [4.69, 9.17) is 4.74 Å². The van der Waals surface area contributed by atoms with Crippen LogP contribution in [0.2, 0.25) is 0 Å². The quantitative estimate of drug-likeness (QED) is 0.477. The summed E-state index contributed by atoms with van der Waals surface area (Å²) in [7, 11) is -12.3. The van der Waals surface area contributed by atoms with Crippen molar-refractivity contribution >= 4 is 30.4 Å². The second-order valence-electron chi connectivity index (χ2n) is 4.59. The highest BCUT2D eigenvalue weighted by Gasteiger charge is 2.47. The molecule has 22 heavy (non-hydrogen) atoms. The van der Waals surface area contributed by atoms with Crippen molar-refractivity contribution in [2.45, 2.75) is 24.6 Å². The summed E-state index contributed by atoms with van der Waals surface area (Å²) in [6.45, 7) is -0.557. The number of aliphatic hydroxyl groups excluding tert-OH is 1. The second-order valence-corrected chi connectivity index (χ2v) is 9.39. The van der Waals surface area contributed by atoms with Crippen LogP contribution in [-0.2, 0) is 47.6 Å². The van der Waals surface area contributed by atoms with E-state index in [0.29, 0.717) is 18.8 Å². The number of rotatable bonds is 6. The summed E-state index contributed by atoms with van der Waals surface area (Å²) in [4.78, 5) is 0. The van der Waals surface area contributed by atoms with Gasteiger partial charge in [-0.05, 0) is 0 Å². The Morgan fingerprint density at radius 1 is 0.818 bits per heavy atom. The third-order valence-corrected chi connectivity index (χ3v) is 4.01. The van der Waals surface area contributed by atoms with E-state index in [1.807, 2.05) is 0 Å². The number of hydrogen-bond donors (Lipinski definition) is 1. The molecule has 4 unspecified atom stereocenters. The zero-order valence-electron chi connectivity index (χ0n) is 11.8. The fourth-order valence-corrected chi connectivity index (χ4v) is 3.55. The molecule has 1 aliphatic heterocycles. The van der Waals surface area contributed by atoms with Gasteiger partial charge in [0.1, 0.15) is 12.2 Å². The van der Waals surface area contributed by atoms with Gasteiger partial charge in [-0.25, -0.2) is 0 Å². The Labute approximate surface area is 128 Å². The van der Waals surface area contributed by atoms with Crippen LogP contribution < -0.4 is 0 Å². The van der Waals surface area contributed by atoms with Crippen molar-refractivity contribution in [2.24, 2.45) is 0 Å². The minimum absolute atomic E-state index is 0.557. The van der Waals surface area contributed by atoms with E-state index < -0.39 is 61.6 Å². The molecule has 1 heterocycles. The molecule has 0 aromatic carbocycles. The van der Waals surface area contributed by atoms with Crippen LogP contribution in [0.3, 0.4) is 0 Å². The lowest BCUT2D eigenvalue weighted by Gasteiger charge is -2.37. The second kappa shape index (κ2) is 6.64. The highest BCUT2D eigenvalue weighted by molar-refractivity contribution is 7.86. The van der Waals surface area contributed by atoms with E-state index in [9.17, 15) is 30.4 Å². The van der Waals surface area contributed by atoms with Gasteiger partial charge in [0.2, 0.25) is 0 Å². The minimum Gasteiger partial charge on any atom is -0.366 e. The smallest absolute Gasteiger partial charge is 0.264 e. The Hall–Kier alpha value is -0.350. The number of aliphatic hydroxyl groups is 1. The molecule has 0 radical (unpaired) electrons. The van der Waals surface area contributed by atoms with Crippen LogP contribution in [0.1, 0.15) is 0 Å². The van der Waals surface area contributed by atoms with E-state index in [1.54, 1.807) is 0 Å². The minimum atomic E-state index is -4.14. The molecule has 1 N–H and O–H groups in total. The van der Waals surface area contributed by atoms with Gasteiger partial charge in [-0.3, -0.25) is 12.5 Å². The van der Waals surface area contributed by atoms with Gasteiger partial charge in [-0.1, -0.05) is 0 Å². The molecule has 132 valence electrons. The van der Waals surface area contributed by atoms with Crippen molar-refractivity contribution in [3.8, 4) is 0 Å². The van der Waals surface area contributed by atoms with E-state index in [1.165, 1.54) is 0 Å². The molecule has 14 heteroatoms. The van der Waals surface area contributed by atoms with Crippen LogP contribution in [0.15, 0.2) is 0 Å². The topological polar surface area (TPSA) is 160 Å². The van der Waals surface area contributed by atoms with Gasteiger partial charge >= 0.3 is 0 Å². The molecule has 4 atom stereocenters. The van der Waals surface area contributed by atoms with Crippen LogP contribution >= 0.6 is 0 Å². The zero-order chi connectivity index (χ0) is 17.3. The summed E-state index contributed by atoms with van der Waals surface area (Å²) in [5, 5.41) is 9.62. The first-order valence-electron chi connectivity index (χ1n) is 5.62. The maximum Gasteiger partial charge on any atom is 0.264 e. The summed E-state index contributed by atoms with van der Waals surface area (Å²) >= 11 is 0. The summed E-state index contributed by atoms with van der Waals surface area (Å²) in [5.74, 6) is 0. The standard InChI is InChI=1S/C8H16O11S3/c1-20(10,11)17-5-4-16-8(9)7(19-22(3,14)15)6(5)18-21(2,12)13/h5-9H,4H2,1-3H3. The molecule has 0 spiro atoms. The Morgan fingerprint density at radius 3 is 1.64 bits per heavy atom. The molecule has 0 bridgehead atoms. The fraction of sp³-hybridized carbons (Fsp3) is 1.00. The van der Waals surface area contributed by atoms with Crippen molar-refractivity contribution in [1.29, 1.82) is 0 Å². The molecule has 0 aliphatic carbocycles. The van der Waals surface area contributed by atoms with Crippen LogP contribution in [-0.4, -0.2) is 80.3 Å². The Bertz CT molecular complexity index is 692. The van der Waals surface area contributed by atoms with Crippen molar-refractivity contribution in [1.82, 2.24) is 0 Å². The molecular formula is C8H16O11S3. The SMILES string of the molecule is CS(=O)(=O)OC1COC(O)C(OS(C)(=O)=O)C1OS(C)(=O)=O. The molecule has 1 saturated heterocycles. The Balaban J connectivity index is 3.17. The predicted molar refractivity (Wildman–Crippen MR) is 71.1 cm³/mol. The molecule has 0 amide bonds. The third-order valence-electron chi connectivity index (χ3n) is 2.27. The number of ether oxygens (including phenoxy) is 1. The fourth-order valence-electron chi connectivity index (χ4n) is 1.69. The highest BCUT2D eigenvalue weighted by Crippen LogP contribution is 2.25. The van der Waals surface area contributed by atoms with Gasteiger partial charge in [0.25, 0.3) is 30.4 Å². The van der Waals surface area contributed by atoms with Gasteiger partial charge in [0.05, 0.1) is 25.4 Å². The molecule has 0 aromatic heterocycles. The molecule has 11 nitrogen and oxygen atoms in total. The van der Waals surface area contributed by atoms with Crippen molar-refractivity contribution in [2.75, 3.05) is 25.4 Å². The summed E-state index contributed by atoms with van der Waals surface area (Å²) < 4.78 is 85.8. The molecule has 0 aromatic rings. The van der Waals surface area contributed by atoms with Gasteiger partial charge < -0.3 is 9.84 Å². The van der Waals surface area contributed by atoms with E-state index in [-0.39, 0.29) is 0 Å². The molecule has 0 saturated carbocycles. The van der Waals surface area contributed by atoms with E-state index >= 15 is 0 Å². The lowest BCUT2D eigenvalue weighted by atomic mass is 10.1. The maximum absolute atomic E-state index is 11.3. The van der Waals surface area contributed by atoms with Crippen molar-refractivity contribution in [3.05, 3.63) is 0 Å². The predicted octanol–water partition coefficient (Wildman–Crippen LogP) is -2.63. The zero-order valence-corrected chi connectivity index (χ0v) is 14.2. The van der Waals surface area contributed by atoms with Gasteiger partial charge in [-0.2, -0.15) is 25.3 Å². The van der Waals surface area contributed by atoms with Crippen LogP contribution in [0, 0.1) is 0 Å². The summed E-state index contributed by atoms with van der Waals surface area (Å²) in [6.07, 6.45) is -4.96. The monoisotopic (exact) mass is 384 g/mol. The lowest BCUT2D eigenvalue weighted by Crippen LogP contribution is -2.57. The van der Waals surface area contributed by atoms with E-state index in [2.05, 4.69) is 12.5 Å². The number of hydrogen-bond acceptors (Lipinski definition) is 11. The van der Waals surface area contributed by atoms with Gasteiger partial charge in [-0.15, -0.1) is 0 Å². The first-order chi connectivity index (χ1) is 9.68. The molecule has 1 aliphatic rings. The van der Waals surface area contributed by atoms with Crippen molar-refractivity contribution < 1.29 is 47.6 Å². The van der Waals surface area contributed by atoms with Crippen molar-refractivity contribution in [3.63, 3.8) is 0 Å². The summed E-state index contributed by atoms with van der Waals surface area (Å²) in [5.41, 5.74) is 0. The molecule has 1 fully saturated rings. The van der Waals surface area contributed by atoms with Crippen LogP contribution in [0.25, 0.3) is 0 Å². The third kappa shape index (κ3) is 6.82. The molecule has 1 rings (SSSR count). The molecular weight excluding hydrogens is 368 g/mol. The Morgan fingerprint density at radius 2 is 1.23 bits per heavy atom. The average molecular weight is 384 g/mol. The lowest BCUT2D eigenvalue weighted by molar-refractivity contribution is -0.232.